The lowest BCUT2D eigenvalue weighted by atomic mass is 9.76. The van der Waals surface area contributed by atoms with Gasteiger partial charge in [0, 0.05) is 12.5 Å². The molecule has 1 aromatic carbocycles. The molecule has 0 aromatic heterocycles. The van der Waals surface area contributed by atoms with E-state index in [-0.39, 0.29) is 5.41 Å². The Morgan fingerprint density at radius 1 is 1.19 bits per heavy atom. The van der Waals surface area contributed by atoms with Gasteiger partial charge in [-0.05, 0) is 30.2 Å². The van der Waals surface area contributed by atoms with Crippen LogP contribution in [0.3, 0.4) is 0 Å². The molecule has 0 spiro atoms. The second-order valence-corrected chi connectivity index (χ2v) is 5.96. The molecule has 0 amide bonds. The fraction of sp³-hybridized carbons (Fsp3) is 0.538. The van der Waals surface area contributed by atoms with Crippen LogP contribution in [-0.4, -0.2) is 13.6 Å². The second kappa shape index (κ2) is 5.39. The van der Waals surface area contributed by atoms with Crippen LogP contribution in [0.1, 0.15) is 32.3 Å². The van der Waals surface area contributed by atoms with Crippen molar-refractivity contribution < 1.29 is 0 Å². The van der Waals surface area contributed by atoms with Gasteiger partial charge < -0.3 is 5.32 Å². The molecule has 1 unspecified atom stereocenters. The topological polar surface area (TPSA) is 12.0 Å². The molecule has 0 saturated heterocycles. The minimum atomic E-state index is 0.195. The van der Waals surface area contributed by atoms with Crippen LogP contribution in [0, 0.1) is 5.41 Å². The highest BCUT2D eigenvalue weighted by molar-refractivity contribution is 6.42. The molecule has 1 atom stereocenters. The van der Waals surface area contributed by atoms with E-state index >= 15 is 0 Å². The normalized spacial score (nSPS) is 13.9. The number of hydrogen-bond donors (Lipinski definition) is 1. The lowest BCUT2D eigenvalue weighted by molar-refractivity contribution is 0.314. The first-order valence-electron chi connectivity index (χ1n) is 5.46. The summed E-state index contributed by atoms with van der Waals surface area (Å²) in [6.07, 6.45) is 0. The van der Waals surface area contributed by atoms with Crippen LogP contribution in [-0.2, 0) is 0 Å². The fourth-order valence-electron chi connectivity index (χ4n) is 1.86. The highest BCUT2D eigenvalue weighted by Gasteiger charge is 2.25. The Balaban J connectivity index is 3.06. The largest absolute Gasteiger partial charge is 0.319 e. The first-order valence-corrected chi connectivity index (χ1v) is 6.21. The maximum Gasteiger partial charge on any atom is 0.0595 e. The molecule has 0 radical (unpaired) electrons. The quantitative estimate of drug-likeness (QED) is 0.852. The molecule has 90 valence electrons. The number of benzene rings is 1. The molecule has 0 aliphatic heterocycles. The summed E-state index contributed by atoms with van der Waals surface area (Å²) >= 11 is 12.0. The lowest BCUT2D eigenvalue weighted by Crippen LogP contribution is -2.28. The molecule has 0 heterocycles. The number of halogens is 2. The minimum Gasteiger partial charge on any atom is -0.319 e. The maximum atomic E-state index is 6.06. The monoisotopic (exact) mass is 259 g/mol. The van der Waals surface area contributed by atoms with Gasteiger partial charge in [-0.3, -0.25) is 0 Å². The number of nitrogens with one attached hydrogen (secondary N) is 1. The van der Waals surface area contributed by atoms with Crippen LogP contribution >= 0.6 is 23.2 Å². The number of rotatable bonds is 3. The molecule has 1 aromatic rings. The van der Waals surface area contributed by atoms with Gasteiger partial charge in [0.05, 0.1) is 10.0 Å². The maximum absolute atomic E-state index is 6.06. The minimum absolute atomic E-state index is 0.195. The number of hydrogen-bond acceptors (Lipinski definition) is 1. The van der Waals surface area contributed by atoms with Crippen LogP contribution < -0.4 is 5.32 Å². The molecule has 0 aliphatic rings. The van der Waals surface area contributed by atoms with Gasteiger partial charge in [-0.15, -0.1) is 0 Å². The van der Waals surface area contributed by atoms with E-state index < -0.39 is 0 Å². The van der Waals surface area contributed by atoms with E-state index in [9.17, 15) is 0 Å². The Morgan fingerprint density at radius 3 is 2.25 bits per heavy atom. The van der Waals surface area contributed by atoms with E-state index in [2.05, 4.69) is 32.2 Å². The smallest absolute Gasteiger partial charge is 0.0595 e. The third-order valence-electron chi connectivity index (χ3n) is 2.80. The van der Waals surface area contributed by atoms with E-state index in [1.54, 1.807) is 0 Å². The second-order valence-electron chi connectivity index (χ2n) is 5.15. The van der Waals surface area contributed by atoms with Crippen molar-refractivity contribution in [3.05, 3.63) is 33.8 Å². The Hall–Kier alpha value is -0.240. The highest BCUT2D eigenvalue weighted by Crippen LogP contribution is 2.36. The standard InChI is InChI=1S/C13H19Cl2N/c1-13(2,3)10(8-16-4)9-5-6-11(14)12(15)7-9/h5-7,10,16H,8H2,1-4H3. The summed E-state index contributed by atoms with van der Waals surface area (Å²) in [5.74, 6) is 0.423. The van der Waals surface area contributed by atoms with Crippen LogP contribution in [0.4, 0.5) is 0 Å². The van der Waals surface area contributed by atoms with Gasteiger partial charge in [-0.25, -0.2) is 0 Å². The SMILES string of the molecule is CNCC(c1ccc(Cl)c(Cl)c1)C(C)(C)C. The average Bonchev–Trinajstić information content (AvgIpc) is 2.17. The molecule has 0 fully saturated rings. The van der Waals surface area contributed by atoms with E-state index in [0.717, 1.165) is 6.54 Å². The Morgan fingerprint density at radius 2 is 1.81 bits per heavy atom. The molecule has 1 rings (SSSR count). The van der Waals surface area contributed by atoms with Crippen LogP contribution in [0.15, 0.2) is 18.2 Å². The van der Waals surface area contributed by atoms with Gasteiger partial charge in [-0.2, -0.15) is 0 Å². The van der Waals surface area contributed by atoms with E-state index in [1.165, 1.54) is 5.56 Å². The lowest BCUT2D eigenvalue weighted by Gasteiger charge is -2.31. The summed E-state index contributed by atoms with van der Waals surface area (Å²) in [6, 6.07) is 5.90. The third kappa shape index (κ3) is 3.38. The zero-order valence-electron chi connectivity index (χ0n) is 10.3. The third-order valence-corrected chi connectivity index (χ3v) is 3.54. The summed E-state index contributed by atoms with van der Waals surface area (Å²) in [6.45, 7) is 7.63. The van der Waals surface area contributed by atoms with E-state index in [0.29, 0.717) is 16.0 Å². The van der Waals surface area contributed by atoms with Crippen molar-refractivity contribution in [1.29, 1.82) is 0 Å². The van der Waals surface area contributed by atoms with Crippen molar-refractivity contribution in [3.63, 3.8) is 0 Å². The van der Waals surface area contributed by atoms with Crippen LogP contribution in [0.25, 0.3) is 0 Å². The molecule has 16 heavy (non-hydrogen) atoms. The molecule has 0 aliphatic carbocycles. The Bertz CT molecular complexity index is 355. The Labute approximate surface area is 108 Å². The zero-order valence-corrected chi connectivity index (χ0v) is 11.8. The summed E-state index contributed by atoms with van der Waals surface area (Å²) < 4.78 is 0. The first kappa shape index (κ1) is 13.8. The van der Waals surface area contributed by atoms with Gasteiger partial charge in [-0.1, -0.05) is 50.0 Å². The molecule has 1 N–H and O–H groups in total. The van der Waals surface area contributed by atoms with Crippen molar-refractivity contribution >= 4 is 23.2 Å². The van der Waals surface area contributed by atoms with Gasteiger partial charge in [0.2, 0.25) is 0 Å². The fourth-order valence-corrected chi connectivity index (χ4v) is 2.16. The van der Waals surface area contributed by atoms with Crippen molar-refractivity contribution in [2.75, 3.05) is 13.6 Å². The highest BCUT2D eigenvalue weighted by atomic mass is 35.5. The first-order chi connectivity index (χ1) is 7.36. The molecular weight excluding hydrogens is 241 g/mol. The average molecular weight is 260 g/mol. The van der Waals surface area contributed by atoms with Crippen molar-refractivity contribution in [2.45, 2.75) is 26.7 Å². The van der Waals surface area contributed by atoms with Crippen molar-refractivity contribution in [3.8, 4) is 0 Å². The van der Waals surface area contributed by atoms with Crippen LogP contribution in [0.5, 0.6) is 0 Å². The van der Waals surface area contributed by atoms with Gasteiger partial charge in [0.25, 0.3) is 0 Å². The van der Waals surface area contributed by atoms with Crippen molar-refractivity contribution in [1.82, 2.24) is 5.32 Å². The molecule has 1 nitrogen and oxygen atoms in total. The predicted octanol–water partition coefficient (Wildman–Crippen LogP) is 4.34. The van der Waals surface area contributed by atoms with Gasteiger partial charge >= 0.3 is 0 Å². The summed E-state index contributed by atoms with van der Waals surface area (Å²) in [7, 11) is 1.97. The van der Waals surface area contributed by atoms with Gasteiger partial charge in [0.1, 0.15) is 0 Å². The molecular formula is C13H19Cl2N. The summed E-state index contributed by atoms with van der Waals surface area (Å²) in [5.41, 5.74) is 1.43. The van der Waals surface area contributed by atoms with E-state index in [4.69, 9.17) is 23.2 Å². The summed E-state index contributed by atoms with van der Waals surface area (Å²) in [4.78, 5) is 0. The molecule has 0 saturated carbocycles. The van der Waals surface area contributed by atoms with E-state index in [1.807, 2.05) is 19.2 Å². The predicted molar refractivity (Wildman–Crippen MR) is 72.6 cm³/mol. The molecule has 0 bridgehead atoms. The zero-order chi connectivity index (χ0) is 12.3. The Kier molecular flexibility index (Phi) is 4.66. The van der Waals surface area contributed by atoms with Crippen molar-refractivity contribution in [2.24, 2.45) is 5.41 Å². The summed E-state index contributed by atoms with van der Waals surface area (Å²) in [5, 5.41) is 4.47. The van der Waals surface area contributed by atoms with Crippen LogP contribution in [0.2, 0.25) is 10.0 Å². The number of likely N-dealkylation sites (N-methyl/N-ethyl adjacent to an activating group) is 1. The molecule has 3 heteroatoms. The van der Waals surface area contributed by atoms with Gasteiger partial charge in [0.15, 0.2) is 0 Å².